The highest BCUT2D eigenvalue weighted by atomic mass is 16.6. The second-order valence-electron chi connectivity index (χ2n) is 4.38. The van der Waals surface area contributed by atoms with E-state index in [-0.39, 0.29) is 0 Å². The van der Waals surface area contributed by atoms with Crippen molar-refractivity contribution in [3.63, 3.8) is 0 Å². The van der Waals surface area contributed by atoms with E-state index in [1.54, 1.807) is 0 Å². The van der Waals surface area contributed by atoms with E-state index in [1.165, 1.54) is 5.56 Å². The van der Waals surface area contributed by atoms with E-state index < -0.39 is 0 Å². The van der Waals surface area contributed by atoms with Crippen LogP contribution in [0.1, 0.15) is 32.8 Å². The lowest BCUT2D eigenvalue weighted by atomic mass is 10.2. The maximum atomic E-state index is 5.51. The fourth-order valence-corrected chi connectivity index (χ4v) is 1.57. The van der Waals surface area contributed by atoms with Gasteiger partial charge in [0.2, 0.25) is 0 Å². The maximum absolute atomic E-state index is 5.51. The van der Waals surface area contributed by atoms with Crippen molar-refractivity contribution in [3.05, 3.63) is 35.9 Å². The fraction of sp³-hybridized carbons (Fsp3) is 0.667. The van der Waals surface area contributed by atoms with Crippen LogP contribution in [0.4, 0.5) is 0 Å². The summed E-state index contributed by atoms with van der Waals surface area (Å²) in [6, 6.07) is 10.1. The molecule has 22 heavy (non-hydrogen) atoms. The molecule has 4 nitrogen and oxygen atoms in total. The summed E-state index contributed by atoms with van der Waals surface area (Å²) in [7, 11) is 0. The van der Waals surface area contributed by atoms with Gasteiger partial charge in [0.1, 0.15) is 0 Å². The van der Waals surface area contributed by atoms with Gasteiger partial charge in [-0.05, 0) is 12.0 Å². The minimum absolute atomic E-state index is 0.600. The Morgan fingerprint density at radius 3 is 1.59 bits per heavy atom. The number of ether oxygens (including phenoxy) is 4. The molecule has 0 aliphatic rings. The van der Waals surface area contributed by atoms with Crippen molar-refractivity contribution >= 4 is 0 Å². The molecule has 0 aliphatic heterocycles. The van der Waals surface area contributed by atoms with Crippen molar-refractivity contribution < 1.29 is 18.9 Å². The van der Waals surface area contributed by atoms with Gasteiger partial charge in [-0.25, -0.2) is 0 Å². The van der Waals surface area contributed by atoms with Crippen LogP contribution < -0.4 is 0 Å². The van der Waals surface area contributed by atoms with E-state index in [4.69, 9.17) is 18.9 Å². The highest BCUT2D eigenvalue weighted by Crippen LogP contribution is 1.99. The first-order valence-corrected chi connectivity index (χ1v) is 8.28. The third kappa shape index (κ3) is 14.0. The first-order valence-electron chi connectivity index (χ1n) is 8.28. The van der Waals surface area contributed by atoms with E-state index >= 15 is 0 Å². The quantitative estimate of drug-likeness (QED) is 0.521. The third-order valence-corrected chi connectivity index (χ3v) is 2.58. The molecule has 1 aromatic rings. The van der Waals surface area contributed by atoms with E-state index in [1.807, 2.05) is 32.0 Å². The molecule has 0 N–H and O–H groups in total. The van der Waals surface area contributed by atoms with Gasteiger partial charge in [-0.2, -0.15) is 0 Å². The van der Waals surface area contributed by atoms with Gasteiger partial charge in [-0.1, -0.05) is 51.1 Å². The molecule has 0 bridgehead atoms. The fourth-order valence-electron chi connectivity index (χ4n) is 1.57. The van der Waals surface area contributed by atoms with E-state index in [9.17, 15) is 0 Å². The minimum Gasteiger partial charge on any atom is -0.379 e. The van der Waals surface area contributed by atoms with Crippen LogP contribution in [0.15, 0.2) is 30.3 Å². The second-order valence-corrected chi connectivity index (χ2v) is 4.38. The Kier molecular flexibility index (Phi) is 17.3. The Morgan fingerprint density at radius 1 is 0.636 bits per heavy atom. The average molecular weight is 312 g/mol. The normalized spacial score (nSPS) is 10.1. The van der Waals surface area contributed by atoms with Gasteiger partial charge in [0, 0.05) is 6.61 Å². The summed E-state index contributed by atoms with van der Waals surface area (Å²) in [5.41, 5.74) is 1.18. The van der Waals surface area contributed by atoms with Gasteiger partial charge in [-0.3, -0.25) is 0 Å². The zero-order chi connectivity index (χ0) is 16.3. The predicted molar refractivity (Wildman–Crippen MR) is 90.2 cm³/mol. The number of rotatable bonds is 13. The summed E-state index contributed by atoms with van der Waals surface area (Å²) < 4.78 is 21.6. The zero-order valence-corrected chi connectivity index (χ0v) is 14.4. The molecule has 1 rings (SSSR count). The summed E-state index contributed by atoms with van der Waals surface area (Å²) in [6.45, 7) is 11.2. The van der Waals surface area contributed by atoms with Crippen molar-refractivity contribution in [2.45, 2.75) is 33.8 Å². The van der Waals surface area contributed by atoms with Gasteiger partial charge < -0.3 is 18.9 Å². The maximum Gasteiger partial charge on any atom is 0.0718 e. The molecule has 0 aromatic heterocycles. The largest absolute Gasteiger partial charge is 0.379 e. The Morgan fingerprint density at radius 2 is 1.09 bits per heavy atom. The standard InChI is InChI=1S/C16H26O4.C2H6/c1-2-8-17-9-10-18-11-12-19-13-14-20-15-16-6-4-3-5-7-16;1-2/h3-7H,2,8-15H2,1H3;1-2H3. The molecular formula is C18H32O4. The molecule has 0 spiro atoms. The highest BCUT2D eigenvalue weighted by molar-refractivity contribution is 5.13. The zero-order valence-electron chi connectivity index (χ0n) is 14.4. The first kappa shape index (κ1) is 21.1. The number of hydrogen-bond acceptors (Lipinski definition) is 4. The van der Waals surface area contributed by atoms with Crippen LogP contribution in [-0.4, -0.2) is 46.2 Å². The molecule has 0 fully saturated rings. The van der Waals surface area contributed by atoms with Crippen molar-refractivity contribution in [3.8, 4) is 0 Å². The van der Waals surface area contributed by atoms with E-state index in [2.05, 4.69) is 19.1 Å². The van der Waals surface area contributed by atoms with Gasteiger partial charge in [0.25, 0.3) is 0 Å². The highest BCUT2D eigenvalue weighted by Gasteiger charge is 1.93. The molecule has 0 radical (unpaired) electrons. The summed E-state index contributed by atoms with van der Waals surface area (Å²) in [4.78, 5) is 0. The van der Waals surface area contributed by atoms with Crippen LogP contribution in [0.3, 0.4) is 0 Å². The Labute approximate surface area is 135 Å². The monoisotopic (exact) mass is 312 g/mol. The molecule has 0 aliphatic carbocycles. The molecule has 0 unspecified atom stereocenters. The van der Waals surface area contributed by atoms with E-state index in [0.29, 0.717) is 46.2 Å². The van der Waals surface area contributed by atoms with Crippen LogP contribution in [0.2, 0.25) is 0 Å². The Hall–Kier alpha value is -0.940. The lowest BCUT2D eigenvalue weighted by Gasteiger charge is -2.07. The van der Waals surface area contributed by atoms with Gasteiger partial charge in [-0.15, -0.1) is 0 Å². The van der Waals surface area contributed by atoms with Crippen molar-refractivity contribution in [2.75, 3.05) is 46.2 Å². The molecular weight excluding hydrogens is 280 g/mol. The topological polar surface area (TPSA) is 36.9 Å². The van der Waals surface area contributed by atoms with Crippen molar-refractivity contribution in [1.29, 1.82) is 0 Å². The molecule has 1 aromatic carbocycles. The van der Waals surface area contributed by atoms with Crippen LogP contribution in [0.25, 0.3) is 0 Å². The molecule has 128 valence electrons. The van der Waals surface area contributed by atoms with Crippen molar-refractivity contribution in [2.24, 2.45) is 0 Å². The predicted octanol–water partition coefficient (Wildman–Crippen LogP) is 3.69. The Bertz CT molecular complexity index is 303. The molecule has 4 heteroatoms. The van der Waals surface area contributed by atoms with Gasteiger partial charge >= 0.3 is 0 Å². The molecule has 0 amide bonds. The summed E-state index contributed by atoms with van der Waals surface area (Å²) >= 11 is 0. The third-order valence-electron chi connectivity index (χ3n) is 2.58. The number of hydrogen-bond donors (Lipinski definition) is 0. The number of benzene rings is 1. The summed E-state index contributed by atoms with van der Waals surface area (Å²) in [6.07, 6.45) is 1.05. The van der Waals surface area contributed by atoms with Crippen LogP contribution in [0.5, 0.6) is 0 Å². The van der Waals surface area contributed by atoms with Gasteiger partial charge in [0.05, 0.1) is 46.2 Å². The minimum atomic E-state index is 0.600. The average Bonchev–Trinajstić information content (AvgIpc) is 2.58. The van der Waals surface area contributed by atoms with Crippen molar-refractivity contribution in [1.82, 2.24) is 0 Å². The molecule has 0 saturated heterocycles. The second kappa shape index (κ2) is 18.1. The molecule has 0 saturated carbocycles. The summed E-state index contributed by atoms with van der Waals surface area (Å²) in [5.74, 6) is 0. The van der Waals surface area contributed by atoms with Crippen LogP contribution >= 0.6 is 0 Å². The van der Waals surface area contributed by atoms with E-state index in [0.717, 1.165) is 13.0 Å². The first-order chi connectivity index (χ1) is 10.9. The molecule has 0 atom stereocenters. The lowest BCUT2D eigenvalue weighted by Crippen LogP contribution is -2.12. The SMILES string of the molecule is CC.CCCOCCOCCOCCOCc1ccccc1. The Balaban J connectivity index is 0.00000211. The lowest BCUT2D eigenvalue weighted by molar-refractivity contribution is -0.00401. The molecule has 0 heterocycles. The summed E-state index contributed by atoms with van der Waals surface area (Å²) in [5, 5.41) is 0. The smallest absolute Gasteiger partial charge is 0.0718 e. The van der Waals surface area contributed by atoms with Gasteiger partial charge in [0.15, 0.2) is 0 Å². The van der Waals surface area contributed by atoms with Crippen LogP contribution in [-0.2, 0) is 25.6 Å². The van der Waals surface area contributed by atoms with Crippen LogP contribution in [0, 0.1) is 0 Å².